The highest BCUT2D eigenvalue weighted by Crippen LogP contribution is 2.36. The van der Waals surface area contributed by atoms with Crippen LogP contribution in [0.5, 0.6) is 11.5 Å². The highest BCUT2D eigenvalue weighted by atomic mass is 19.1. The Kier molecular flexibility index (Phi) is 4.00. The van der Waals surface area contributed by atoms with Gasteiger partial charge >= 0.3 is 0 Å². The first-order chi connectivity index (χ1) is 12.7. The number of halogens is 1. The van der Waals surface area contributed by atoms with E-state index in [1.165, 1.54) is 12.1 Å². The van der Waals surface area contributed by atoms with E-state index in [-0.39, 0.29) is 11.9 Å². The number of tetrazole rings is 1. The number of nitrogens with zero attached hydrogens (tertiary/aromatic N) is 4. The van der Waals surface area contributed by atoms with Gasteiger partial charge in [-0.05, 0) is 46.3 Å². The molecule has 0 fully saturated rings. The van der Waals surface area contributed by atoms with Crippen molar-refractivity contribution in [3.63, 3.8) is 0 Å². The molecule has 0 unspecified atom stereocenters. The molecule has 1 N–H and O–H groups in total. The molecule has 3 aromatic rings. The fourth-order valence-electron chi connectivity index (χ4n) is 2.93. The molecular weight excluding hydrogens is 337 g/mol. The van der Waals surface area contributed by atoms with E-state index in [1.54, 1.807) is 31.0 Å². The van der Waals surface area contributed by atoms with Crippen LogP contribution in [0.1, 0.15) is 17.2 Å². The zero-order valence-electron chi connectivity index (χ0n) is 14.2. The van der Waals surface area contributed by atoms with Gasteiger partial charge in [-0.15, -0.1) is 0 Å². The predicted molar refractivity (Wildman–Crippen MR) is 93.5 cm³/mol. The average molecular weight is 353 g/mol. The van der Waals surface area contributed by atoms with Crippen molar-refractivity contribution in [2.24, 2.45) is 0 Å². The van der Waals surface area contributed by atoms with Gasteiger partial charge in [0.05, 0.1) is 19.9 Å². The Labute approximate surface area is 149 Å². The maximum absolute atomic E-state index is 13.3. The highest BCUT2D eigenvalue weighted by Gasteiger charge is 2.25. The number of nitrogens with one attached hydrogen (secondary N) is 1. The van der Waals surface area contributed by atoms with Gasteiger partial charge in [0.1, 0.15) is 23.4 Å². The number of ether oxygens (including phenoxy) is 2. The minimum absolute atomic E-state index is 0.274. The molecule has 1 aliphatic rings. The predicted octanol–water partition coefficient (Wildman–Crippen LogP) is 2.89. The second-order valence-electron chi connectivity index (χ2n) is 5.72. The zero-order valence-corrected chi connectivity index (χ0v) is 14.2. The highest BCUT2D eigenvalue weighted by molar-refractivity contribution is 5.80. The first-order valence-corrected chi connectivity index (χ1v) is 7.94. The number of hydrogen-bond donors (Lipinski definition) is 1. The van der Waals surface area contributed by atoms with Crippen LogP contribution in [0.3, 0.4) is 0 Å². The summed E-state index contributed by atoms with van der Waals surface area (Å²) < 4.78 is 25.7. The van der Waals surface area contributed by atoms with Gasteiger partial charge in [-0.25, -0.2) is 4.39 Å². The van der Waals surface area contributed by atoms with Gasteiger partial charge in [0.25, 0.3) is 0 Å². The van der Waals surface area contributed by atoms with E-state index in [1.807, 2.05) is 24.3 Å². The lowest BCUT2D eigenvalue weighted by Crippen LogP contribution is -2.20. The third-order valence-corrected chi connectivity index (χ3v) is 4.24. The first-order valence-electron chi connectivity index (χ1n) is 7.94. The molecule has 0 aliphatic carbocycles. The molecule has 0 saturated carbocycles. The number of benzene rings is 2. The standard InChI is InChI=1S/C18H16FN5O2/c1-25-13-7-8-14(17(9-13)26-2)15-10-16(11-3-5-12(19)6-4-11)24-18(20-15)21-22-23-24/h3-10,16H,1-2H3,(H,20,21,23)/t16-/m1/s1. The Morgan fingerprint density at radius 3 is 2.62 bits per heavy atom. The van der Waals surface area contributed by atoms with E-state index in [2.05, 4.69) is 20.8 Å². The summed E-state index contributed by atoms with van der Waals surface area (Å²) in [5.41, 5.74) is 2.50. The van der Waals surface area contributed by atoms with Crippen LogP contribution in [0.4, 0.5) is 10.3 Å². The number of allylic oxidation sites excluding steroid dienone is 1. The fraction of sp³-hybridized carbons (Fsp3) is 0.167. The summed E-state index contributed by atoms with van der Waals surface area (Å²) in [6.45, 7) is 0. The second-order valence-corrected chi connectivity index (χ2v) is 5.72. The summed E-state index contributed by atoms with van der Waals surface area (Å²) in [4.78, 5) is 0. The molecule has 0 radical (unpaired) electrons. The molecule has 1 atom stereocenters. The normalized spacial score (nSPS) is 15.7. The van der Waals surface area contributed by atoms with Gasteiger partial charge in [0, 0.05) is 11.6 Å². The molecule has 26 heavy (non-hydrogen) atoms. The van der Waals surface area contributed by atoms with Crippen molar-refractivity contribution in [2.45, 2.75) is 6.04 Å². The molecule has 132 valence electrons. The Morgan fingerprint density at radius 1 is 1.08 bits per heavy atom. The third-order valence-electron chi connectivity index (χ3n) is 4.24. The summed E-state index contributed by atoms with van der Waals surface area (Å²) in [5.74, 6) is 1.55. The monoisotopic (exact) mass is 353 g/mol. The number of rotatable bonds is 4. The van der Waals surface area contributed by atoms with Crippen LogP contribution in [-0.2, 0) is 0 Å². The largest absolute Gasteiger partial charge is 0.497 e. The molecule has 4 rings (SSSR count). The summed E-state index contributed by atoms with van der Waals surface area (Å²) in [7, 11) is 3.20. The first kappa shape index (κ1) is 16.1. The number of anilines is 1. The summed E-state index contributed by atoms with van der Waals surface area (Å²) in [6.07, 6.45) is 1.97. The van der Waals surface area contributed by atoms with Crippen LogP contribution in [0, 0.1) is 5.82 Å². The van der Waals surface area contributed by atoms with E-state index in [9.17, 15) is 4.39 Å². The van der Waals surface area contributed by atoms with Crippen molar-refractivity contribution < 1.29 is 13.9 Å². The van der Waals surface area contributed by atoms with E-state index in [0.717, 1.165) is 16.8 Å². The average Bonchev–Trinajstić information content (AvgIpc) is 3.16. The molecule has 2 aromatic carbocycles. The minimum Gasteiger partial charge on any atom is -0.497 e. The second kappa shape index (κ2) is 6.47. The Morgan fingerprint density at radius 2 is 1.88 bits per heavy atom. The van der Waals surface area contributed by atoms with Crippen molar-refractivity contribution in [1.29, 1.82) is 0 Å². The van der Waals surface area contributed by atoms with Gasteiger partial charge in [0.2, 0.25) is 5.95 Å². The van der Waals surface area contributed by atoms with Crippen molar-refractivity contribution in [3.05, 3.63) is 65.5 Å². The Bertz CT molecular complexity index is 968. The maximum atomic E-state index is 13.3. The summed E-state index contributed by atoms with van der Waals surface area (Å²) in [5, 5.41) is 15.0. The van der Waals surface area contributed by atoms with E-state index < -0.39 is 0 Å². The lowest BCUT2D eigenvalue weighted by Gasteiger charge is -2.24. The molecule has 0 saturated heterocycles. The molecule has 0 spiro atoms. The number of methoxy groups -OCH3 is 2. The molecule has 0 bridgehead atoms. The third kappa shape index (κ3) is 2.75. The Hall–Kier alpha value is -3.42. The maximum Gasteiger partial charge on any atom is 0.248 e. The van der Waals surface area contributed by atoms with Gasteiger partial charge in [0.15, 0.2) is 0 Å². The van der Waals surface area contributed by atoms with E-state index in [0.29, 0.717) is 17.4 Å². The van der Waals surface area contributed by atoms with Crippen molar-refractivity contribution in [1.82, 2.24) is 20.2 Å². The van der Waals surface area contributed by atoms with Crippen LogP contribution in [0.25, 0.3) is 5.70 Å². The van der Waals surface area contributed by atoms with Gasteiger partial charge < -0.3 is 14.8 Å². The van der Waals surface area contributed by atoms with Gasteiger partial charge in [-0.2, -0.15) is 4.68 Å². The Balaban J connectivity index is 1.81. The fourth-order valence-corrected chi connectivity index (χ4v) is 2.93. The van der Waals surface area contributed by atoms with Crippen molar-refractivity contribution in [3.8, 4) is 11.5 Å². The number of aromatic nitrogens is 4. The van der Waals surface area contributed by atoms with Crippen LogP contribution in [-0.4, -0.2) is 34.4 Å². The van der Waals surface area contributed by atoms with Crippen molar-refractivity contribution in [2.75, 3.05) is 19.5 Å². The zero-order chi connectivity index (χ0) is 18.1. The van der Waals surface area contributed by atoms with Crippen LogP contribution < -0.4 is 14.8 Å². The summed E-state index contributed by atoms with van der Waals surface area (Å²) in [6, 6.07) is 11.6. The molecular formula is C18H16FN5O2. The number of fused-ring (bicyclic) bond motifs is 1. The minimum atomic E-state index is -0.291. The van der Waals surface area contributed by atoms with Crippen LogP contribution >= 0.6 is 0 Å². The molecule has 7 nitrogen and oxygen atoms in total. The van der Waals surface area contributed by atoms with E-state index >= 15 is 0 Å². The summed E-state index contributed by atoms with van der Waals surface area (Å²) >= 11 is 0. The lowest BCUT2D eigenvalue weighted by molar-refractivity contribution is 0.393. The molecule has 8 heteroatoms. The number of hydrogen-bond acceptors (Lipinski definition) is 6. The molecule has 1 aromatic heterocycles. The molecule has 1 aliphatic heterocycles. The topological polar surface area (TPSA) is 74.1 Å². The molecule has 0 amide bonds. The smallest absolute Gasteiger partial charge is 0.248 e. The van der Waals surface area contributed by atoms with Crippen LogP contribution in [0.2, 0.25) is 0 Å². The van der Waals surface area contributed by atoms with Crippen LogP contribution in [0.15, 0.2) is 48.5 Å². The van der Waals surface area contributed by atoms with Crippen molar-refractivity contribution >= 4 is 11.6 Å². The quantitative estimate of drug-likeness (QED) is 0.777. The SMILES string of the molecule is COc1ccc(C2=C[C@H](c3ccc(F)cc3)n3nnnc3N2)c(OC)c1. The van der Waals surface area contributed by atoms with E-state index in [4.69, 9.17) is 9.47 Å². The molecule has 2 heterocycles. The lowest BCUT2D eigenvalue weighted by atomic mass is 10.0. The van der Waals surface area contributed by atoms with Gasteiger partial charge in [-0.3, -0.25) is 0 Å². The van der Waals surface area contributed by atoms with Gasteiger partial charge in [-0.1, -0.05) is 17.2 Å².